The fourth-order valence-corrected chi connectivity index (χ4v) is 3.83. The average molecular weight is 389 g/mol. The summed E-state index contributed by atoms with van der Waals surface area (Å²) in [5.41, 5.74) is 2.90. The van der Waals surface area contributed by atoms with Gasteiger partial charge in [0.1, 0.15) is 0 Å². The third-order valence-electron chi connectivity index (χ3n) is 5.64. The van der Waals surface area contributed by atoms with Gasteiger partial charge in [0.15, 0.2) is 0 Å². The minimum atomic E-state index is -0.183. The molecule has 1 atom stereocenters. The second-order valence-corrected chi connectivity index (χ2v) is 7.57. The summed E-state index contributed by atoms with van der Waals surface area (Å²) in [7, 11) is 0. The van der Waals surface area contributed by atoms with Crippen molar-refractivity contribution in [3.8, 4) is 0 Å². The molecule has 1 saturated heterocycles. The second kappa shape index (κ2) is 9.16. The number of rotatable bonds is 6. The van der Waals surface area contributed by atoms with Crippen LogP contribution in [0.4, 0.5) is 5.69 Å². The number of nitrogens with one attached hydrogen (secondary N) is 1. The van der Waals surface area contributed by atoms with Crippen LogP contribution in [0.15, 0.2) is 66.9 Å². The SMILES string of the molecule is CC(C(=O)Nc1cccc2ncccc12)N1CCC(OCc2ccccc2)CC1. The van der Waals surface area contributed by atoms with Crippen molar-refractivity contribution in [3.05, 3.63) is 72.4 Å². The molecule has 150 valence electrons. The van der Waals surface area contributed by atoms with Crippen LogP contribution in [0.3, 0.4) is 0 Å². The van der Waals surface area contributed by atoms with Crippen LogP contribution in [0.5, 0.6) is 0 Å². The summed E-state index contributed by atoms with van der Waals surface area (Å²) in [5.74, 6) is 0.0185. The zero-order chi connectivity index (χ0) is 20.1. The molecule has 1 aliphatic heterocycles. The Bertz CT molecular complexity index is 947. The zero-order valence-electron chi connectivity index (χ0n) is 16.8. The van der Waals surface area contributed by atoms with Gasteiger partial charge in [0.2, 0.25) is 5.91 Å². The molecule has 0 saturated carbocycles. The minimum Gasteiger partial charge on any atom is -0.373 e. The smallest absolute Gasteiger partial charge is 0.241 e. The Hall–Kier alpha value is -2.76. The third-order valence-corrected chi connectivity index (χ3v) is 5.64. The van der Waals surface area contributed by atoms with Gasteiger partial charge in [-0.15, -0.1) is 0 Å². The third kappa shape index (κ3) is 4.81. The first-order chi connectivity index (χ1) is 14.2. The minimum absolute atomic E-state index is 0.0185. The van der Waals surface area contributed by atoms with Crippen molar-refractivity contribution in [2.45, 2.75) is 38.5 Å². The molecule has 5 nitrogen and oxygen atoms in total. The summed E-state index contributed by atoms with van der Waals surface area (Å²) in [6, 6.07) is 19.8. The van der Waals surface area contributed by atoms with Crippen LogP contribution < -0.4 is 5.32 Å². The van der Waals surface area contributed by atoms with E-state index in [-0.39, 0.29) is 18.1 Å². The van der Waals surface area contributed by atoms with Crippen LogP contribution in [0.25, 0.3) is 10.9 Å². The van der Waals surface area contributed by atoms with Crippen molar-refractivity contribution in [2.24, 2.45) is 0 Å². The molecular weight excluding hydrogens is 362 g/mol. The molecule has 1 amide bonds. The highest BCUT2D eigenvalue weighted by Gasteiger charge is 2.27. The van der Waals surface area contributed by atoms with Gasteiger partial charge in [-0.2, -0.15) is 0 Å². The van der Waals surface area contributed by atoms with Gasteiger partial charge in [-0.1, -0.05) is 36.4 Å². The largest absolute Gasteiger partial charge is 0.373 e. The van der Waals surface area contributed by atoms with Gasteiger partial charge in [0.05, 0.1) is 30.0 Å². The maximum atomic E-state index is 12.8. The first-order valence-electron chi connectivity index (χ1n) is 10.2. The van der Waals surface area contributed by atoms with Crippen LogP contribution in [0.1, 0.15) is 25.3 Å². The van der Waals surface area contributed by atoms with Gasteiger partial charge in [-0.05, 0) is 49.6 Å². The number of benzene rings is 2. The predicted molar refractivity (Wildman–Crippen MR) is 116 cm³/mol. The summed E-state index contributed by atoms with van der Waals surface area (Å²) in [6.07, 6.45) is 3.91. The highest BCUT2D eigenvalue weighted by molar-refractivity contribution is 6.02. The molecular formula is C24H27N3O2. The highest BCUT2D eigenvalue weighted by atomic mass is 16.5. The molecule has 4 rings (SSSR count). The molecule has 1 N–H and O–H groups in total. The molecule has 3 aromatic rings. The number of hydrogen-bond donors (Lipinski definition) is 1. The Morgan fingerprint density at radius 1 is 1.10 bits per heavy atom. The number of anilines is 1. The summed E-state index contributed by atoms with van der Waals surface area (Å²) in [6.45, 7) is 4.36. The van der Waals surface area contributed by atoms with Crippen molar-refractivity contribution >= 4 is 22.5 Å². The summed E-state index contributed by atoms with van der Waals surface area (Å²) < 4.78 is 6.07. The van der Waals surface area contributed by atoms with E-state index in [0.717, 1.165) is 42.5 Å². The second-order valence-electron chi connectivity index (χ2n) is 7.57. The number of fused-ring (bicyclic) bond motifs is 1. The van der Waals surface area contributed by atoms with Gasteiger partial charge in [0, 0.05) is 24.7 Å². The maximum Gasteiger partial charge on any atom is 0.241 e. The lowest BCUT2D eigenvalue weighted by atomic mass is 10.1. The summed E-state index contributed by atoms with van der Waals surface area (Å²) in [4.78, 5) is 19.4. The molecule has 0 spiro atoms. The van der Waals surface area contributed by atoms with E-state index in [1.165, 1.54) is 5.56 Å². The molecule has 1 aromatic heterocycles. The summed E-state index contributed by atoms with van der Waals surface area (Å²) in [5, 5.41) is 4.05. The highest BCUT2D eigenvalue weighted by Crippen LogP contribution is 2.23. The van der Waals surface area contributed by atoms with Crippen LogP contribution in [0, 0.1) is 0 Å². The van der Waals surface area contributed by atoms with Crippen molar-refractivity contribution in [3.63, 3.8) is 0 Å². The Morgan fingerprint density at radius 3 is 2.69 bits per heavy atom. The summed E-state index contributed by atoms with van der Waals surface area (Å²) >= 11 is 0. The van der Waals surface area contributed by atoms with Gasteiger partial charge >= 0.3 is 0 Å². The monoisotopic (exact) mass is 389 g/mol. The Balaban J connectivity index is 1.30. The van der Waals surface area contributed by atoms with Crippen molar-refractivity contribution in [1.29, 1.82) is 0 Å². The lowest BCUT2D eigenvalue weighted by Crippen LogP contribution is -2.47. The molecule has 2 heterocycles. The molecule has 2 aromatic carbocycles. The number of carbonyl (C=O) groups is 1. The molecule has 5 heteroatoms. The number of carbonyl (C=O) groups excluding carboxylic acids is 1. The number of amides is 1. The van der Waals surface area contributed by atoms with Gasteiger partial charge in [-0.25, -0.2) is 0 Å². The molecule has 0 bridgehead atoms. The lowest BCUT2D eigenvalue weighted by molar-refractivity contribution is -0.122. The molecule has 29 heavy (non-hydrogen) atoms. The van der Waals surface area contributed by atoms with E-state index in [1.807, 2.05) is 55.5 Å². The number of ether oxygens (including phenoxy) is 1. The van der Waals surface area contributed by atoms with Gasteiger partial charge in [0.25, 0.3) is 0 Å². The Kier molecular flexibility index (Phi) is 6.17. The fraction of sp³-hybridized carbons (Fsp3) is 0.333. The van der Waals surface area contributed by atoms with Crippen LogP contribution >= 0.6 is 0 Å². The quantitative estimate of drug-likeness (QED) is 0.685. The number of likely N-dealkylation sites (tertiary alicyclic amines) is 1. The molecule has 1 fully saturated rings. The fourth-order valence-electron chi connectivity index (χ4n) is 3.83. The van der Waals surface area contributed by atoms with Crippen molar-refractivity contribution in [2.75, 3.05) is 18.4 Å². The van der Waals surface area contributed by atoms with E-state index in [0.29, 0.717) is 6.61 Å². The first-order valence-corrected chi connectivity index (χ1v) is 10.2. The van der Waals surface area contributed by atoms with Crippen LogP contribution in [-0.2, 0) is 16.1 Å². The van der Waals surface area contributed by atoms with E-state index in [1.54, 1.807) is 6.20 Å². The zero-order valence-corrected chi connectivity index (χ0v) is 16.8. The van der Waals surface area contributed by atoms with E-state index in [4.69, 9.17) is 4.74 Å². The normalized spacial score (nSPS) is 16.6. The number of pyridine rings is 1. The topological polar surface area (TPSA) is 54.5 Å². The molecule has 0 radical (unpaired) electrons. The lowest BCUT2D eigenvalue weighted by Gasteiger charge is -2.35. The Morgan fingerprint density at radius 2 is 1.90 bits per heavy atom. The van der Waals surface area contributed by atoms with Crippen LogP contribution in [-0.4, -0.2) is 41.0 Å². The number of aromatic nitrogens is 1. The Labute approximate surface area is 171 Å². The van der Waals surface area contributed by atoms with E-state index >= 15 is 0 Å². The first kappa shape index (κ1) is 19.6. The maximum absolute atomic E-state index is 12.8. The van der Waals surface area contributed by atoms with E-state index < -0.39 is 0 Å². The van der Waals surface area contributed by atoms with Gasteiger partial charge in [-0.3, -0.25) is 14.7 Å². The van der Waals surface area contributed by atoms with Crippen molar-refractivity contribution < 1.29 is 9.53 Å². The predicted octanol–water partition coefficient (Wildman–Crippen LogP) is 4.24. The standard InChI is InChI=1S/C24H27N3O2/c1-18(24(28)26-23-11-5-10-22-21(23)9-6-14-25-22)27-15-12-20(13-16-27)29-17-19-7-3-2-4-8-19/h2-11,14,18,20H,12-13,15-17H2,1H3,(H,26,28). The molecule has 1 aliphatic rings. The number of hydrogen-bond acceptors (Lipinski definition) is 4. The van der Waals surface area contributed by atoms with Gasteiger partial charge < -0.3 is 10.1 Å². The van der Waals surface area contributed by atoms with Crippen molar-refractivity contribution in [1.82, 2.24) is 9.88 Å². The van der Waals surface area contributed by atoms with E-state index in [2.05, 4.69) is 27.3 Å². The molecule has 1 unspecified atom stereocenters. The molecule has 0 aliphatic carbocycles. The number of piperidine rings is 1. The van der Waals surface area contributed by atoms with Crippen LogP contribution in [0.2, 0.25) is 0 Å². The average Bonchev–Trinajstić information content (AvgIpc) is 2.78. The van der Waals surface area contributed by atoms with E-state index in [9.17, 15) is 4.79 Å². The number of nitrogens with zero attached hydrogens (tertiary/aromatic N) is 2.